The average molecular weight is 517 g/mol. The molecule has 2 N–H and O–H groups in total. The van der Waals surface area contributed by atoms with Gasteiger partial charge in [0.15, 0.2) is 6.17 Å². The summed E-state index contributed by atoms with van der Waals surface area (Å²) >= 11 is 5.83. The van der Waals surface area contributed by atoms with Crippen molar-refractivity contribution in [1.29, 1.82) is 0 Å². The summed E-state index contributed by atoms with van der Waals surface area (Å²) in [7, 11) is 0. The second-order valence-corrected chi connectivity index (χ2v) is 9.09. The summed E-state index contributed by atoms with van der Waals surface area (Å²) in [6.07, 6.45) is -1.97. The molecule has 1 aromatic heterocycles. The number of carbonyl (C=O) groups is 1. The first-order chi connectivity index (χ1) is 16.5. The fourth-order valence-electron chi connectivity index (χ4n) is 4.11. The second kappa shape index (κ2) is 9.60. The lowest BCUT2D eigenvalue weighted by Gasteiger charge is -2.39. The topological polar surface area (TPSA) is 75.6 Å². The monoisotopic (exact) mass is 516 g/mol. The molecule has 2 aliphatic rings. The highest BCUT2D eigenvalue weighted by atomic mass is 35.5. The van der Waals surface area contributed by atoms with Gasteiger partial charge in [-0.15, -0.1) is 0 Å². The molecule has 1 aliphatic heterocycles. The van der Waals surface area contributed by atoms with Crippen molar-refractivity contribution in [3.05, 3.63) is 58.1 Å². The Bertz CT molecular complexity index is 1150. The highest BCUT2D eigenvalue weighted by Crippen LogP contribution is 2.35. The van der Waals surface area contributed by atoms with Crippen molar-refractivity contribution in [1.82, 2.24) is 10.3 Å². The number of ether oxygens (including phenoxy) is 1. The van der Waals surface area contributed by atoms with Crippen LogP contribution in [0.5, 0.6) is 0 Å². The predicted octanol–water partition coefficient (Wildman–Crippen LogP) is 5.62. The van der Waals surface area contributed by atoms with Crippen LogP contribution < -0.4 is 10.6 Å². The molecule has 0 radical (unpaired) electrons. The van der Waals surface area contributed by atoms with Crippen molar-refractivity contribution in [2.45, 2.75) is 56.5 Å². The van der Waals surface area contributed by atoms with Crippen LogP contribution in [0.25, 0.3) is 0 Å². The van der Waals surface area contributed by atoms with Crippen LogP contribution in [-0.4, -0.2) is 35.7 Å². The van der Waals surface area contributed by atoms with E-state index in [1.807, 2.05) is 0 Å². The molecule has 1 aliphatic carbocycles. The summed E-state index contributed by atoms with van der Waals surface area (Å²) in [5, 5.41) is 4.78. The van der Waals surface area contributed by atoms with Gasteiger partial charge >= 0.3 is 6.18 Å². The summed E-state index contributed by atoms with van der Waals surface area (Å²) in [4.78, 5) is 20.6. The molecule has 4 rings (SSSR count). The predicted molar refractivity (Wildman–Crippen MR) is 120 cm³/mol. The molecule has 1 amide bonds. The SMILES string of the molecule is C[C@]1(c2cc(NC(=O)c3ncc(C(F)(F)F)cc3Cl)ccc2F)NC(=NC2CCCC2)OC[C@@H]1F. The highest BCUT2D eigenvalue weighted by Gasteiger charge is 2.44. The van der Waals surface area contributed by atoms with E-state index in [0.717, 1.165) is 31.7 Å². The lowest BCUT2D eigenvalue weighted by Crippen LogP contribution is -2.57. The molecule has 2 heterocycles. The minimum Gasteiger partial charge on any atom is -0.462 e. The zero-order chi connectivity index (χ0) is 25.4. The van der Waals surface area contributed by atoms with E-state index in [-0.39, 0.29) is 29.9 Å². The van der Waals surface area contributed by atoms with Gasteiger partial charge in [-0.2, -0.15) is 13.2 Å². The zero-order valence-corrected chi connectivity index (χ0v) is 19.3. The number of anilines is 1. The number of hydrogen-bond donors (Lipinski definition) is 2. The van der Waals surface area contributed by atoms with Crippen molar-refractivity contribution in [2.24, 2.45) is 4.99 Å². The van der Waals surface area contributed by atoms with Crippen molar-refractivity contribution in [3.8, 4) is 0 Å². The summed E-state index contributed by atoms with van der Waals surface area (Å²) in [6, 6.07) is 4.29. The fraction of sp³-hybridized carbons (Fsp3) is 0.435. The number of hydrogen-bond acceptors (Lipinski definition) is 4. The summed E-state index contributed by atoms with van der Waals surface area (Å²) < 4.78 is 73.7. The van der Waals surface area contributed by atoms with E-state index in [4.69, 9.17) is 16.3 Å². The molecule has 6 nitrogen and oxygen atoms in total. The van der Waals surface area contributed by atoms with Gasteiger partial charge in [0.25, 0.3) is 11.9 Å². The normalized spacial score (nSPS) is 24.2. The Labute approximate surface area is 202 Å². The number of carbonyl (C=O) groups excluding carboxylic acids is 1. The van der Waals surface area contributed by atoms with Crippen molar-refractivity contribution < 1.29 is 31.5 Å². The van der Waals surface area contributed by atoms with E-state index in [1.165, 1.54) is 19.1 Å². The number of halogens is 6. The molecular formula is C23H22ClF5N4O2. The Kier molecular flexibility index (Phi) is 6.90. The third-order valence-electron chi connectivity index (χ3n) is 6.15. The Morgan fingerprint density at radius 1 is 1.29 bits per heavy atom. The minimum absolute atomic E-state index is 0.0503. The molecule has 1 saturated heterocycles. The van der Waals surface area contributed by atoms with Crippen molar-refractivity contribution >= 4 is 29.2 Å². The van der Waals surface area contributed by atoms with E-state index >= 15 is 4.39 Å². The van der Waals surface area contributed by atoms with Gasteiger partial charge in [0.2, 0.25) is 0 Å². The smallest absolute Gasteiger partial charge is 0.417 e. The van der Waals surface area contributed by atoms with Crippen molar-refractivity contribution in [3.63, 3.8) is 0 Å². The van der Waals surface area contributed by atoms with E-state index in [9.17, 15) is 22.4 Å². The maximum atomic E-state index is 15.0. The maximum Gasteiger partial charge on any atom is 0.417 e. The van der Waals surface area contributed by atoms with Gasteiger partial charge in [0.05, 0.1) is 16.6 Å². The average Bonchev–Trinajstić information content (AvgIpc) is 3.30. The number of rotatable bonds is 4. The summed E-state index contributed by atoms with van der Waals surface area (Å²) in [5.41, 5.74) is -3.12. The first kappa shape index (κ1) is 25.2. The Hall–Kier alpha value is -2.95. The van der Waals surface area contributed by atoms with Crippen LogP contribution >= 0.6 is 11.6 Å². The number of nitrogens with one attached hydrogen (secondary N) is 2. The van der Waals surface area contributed by atoms with Gasteiger partial charge < -0.3 is 15.4 Å². The third-order valence-corrected chi connectivity index (χ3v) is 6.44. The number of aromatic nitrogens is 1. The molecule has 1 aromatic carbocycles. The molecule has 12 heteroatoms. The quantitative estimate of drug-likeness (QED) is 0.517. The molecule has 1 saturated carbocycles. The first-order valence-corrected chi connectivity index (χ1v) is 11.3. The Morgan fingerprint density at radius 2 is 2.00 bits per heavy atom. The van der Waals surface area contributed by atoms with Crippen LogP contribution in [0.4, 0.5) is 27.6 Å². The van der Waals surface area contributed by atoms with Gasteiger partial charge in [-0.1, -0.05) is 24.4 Å². The number of amidine groups is 1. The Balaban J connectivity index is 1.58. The van der Waals surface area contributed by atoms with Crippen LogP contribution in [0, 0.1) is 5.82 Å². The molecule has 2 fully saturated rings. The maximum absolute atomic E-state index is 15.0. The lowest BCUT2D eigenvalue weighted by molar-refractivity contribution is -0.137. The van der Waals surface area contributed by atoms with E-state index in [2.05, 4.69) is 20.6 Å². The molecule has 0 unspecified atom stereocenters. The second-order valence-electron chi connectivity index (χ2n) is 8.68. The molecule has 0 spiro atoms. The molecule has 188 valence electrons. The molecule has 35 heavy (non-hydrogen) atoms. The third kappa shape index (κ3) is 5.34. The lowest BCUT2D eigenvalue weighted by atomic mass is 9.86. The van der Waals surface area contributed by atoms with Crippen LogP contribution in [0.3, 0.4) is 0 Å². The first-order valence-electron chi connectivity index (χ1n) is 10.9. The summed E-state index contributed by atoms with van der Waals surface area (Å²) in [6.45, 7) is 1.12. The molecule has 0 bridgehead atoms. The molecule has 2 aromatic rings. The van der Waals surface area contributed by atoms with Gasteiger partial charge in [0.1, 0.15) is 23.7 Å². The number of nitrogens with zero attached hydrogens (tertiary/aromatic N) is 2. The molecule has 2 atom stereocenters. The van der Waals surface area contributed by atoms with Gasteiger partial charge in [-0.3, -0.25) is 4.79 Å². The molecular weight excluding hydrogens is 495 g/mol. The number of aliphatic imine (C=N–C) groups is 1. The van der Waals surface area contributed by atoms with E-state index in [1.54, 1.807) is 0 Å². The number of alkyl halides is 4. The van der Waals surface area contributed by atoms with Crippen molar-refractivity contribution in [2.75, 3.05) is 11.9 Å². The number of pyridine rings is 1. The van der Waals surface area contributed by atoms with E-state index < -0.39 is 45.9 Å². The van der Waals surface area contributed by atoms with Gasteiger partial charge in [-0.25, -0.2) is 18.8 Å². The zero-order valence-electron chi connectivity index (χ0n) is 18.6. The summed E-state index contributed by atoms with van der Waals surface area (Å²) in [5.74, 6) is -1.64. The largest absolute Gasteiger partial charge is 0.462 e. The van der Waals surface area contributed by atoms with Crippen LogP contribution in [-0.2, 0) is 16.5 Å². The van der Waals surface area contributed by atoms with Gasteiger partial charge in [0, 0.05) is 17.4 Å². The standard InChI is InChI=1S/C23H22ClF5N4O2/c1-22(18(26)11-35-21(33-22)32-13-4-2-3-5-13)15-9-14(6-7-17(15)25)31-20(34)19-16(24)8-12(10-30-19)23(27,28)29/h6-10,13,18H,2-5,11H2,1H3,(H,31,34)(H,32,33)/t18-,22+/m0/s1. The van der Waals surface area contributed by atoms with E-state index in [0.29, 0.717) is 12.3 Å². The van der Waals surface area contributed by atoms with Gasteiger partial charge in [-0.05, 0) is 44.0 Å². The highest BCUT2D eigenvalue weighted by molar-refractivity contribution is 6.34. The Morgan fingerprint density at radius 3 is 2.66 bits per heavy atom. The van der Waals surface area contributed by atoms with Crippen LogP contribution in [0.15, 0.2) is 35.5 Å². The fourth-order valence-corrected chi connectivity index (χ4v) is 4.36. The minimum atomic E-state index is -4.67. The van der Waals surface area contributed by atoms with Crippen LogP contribution in [0.1, 0.15) is 54.2 Å². The number of amides is 1. The van der Waals surface area contributed by atoms with Crippen LogP contribution in [0.2, 0.25) is 5.02 Å². The number of benzene rings is 1.